The fourth-order valence-corrected chi connectivity index (χ4v) is 0.785. The highest BCUT2D eigenvalue weighted by molar-refractivity contribution is 6.18. The zero-order valence-corrected chi connectivity index (χ0v) is 4.57. The third-order valence-corrected chi connectivity index (χ3v) is 1.52. The van der Waals surface area contributed by atoms with Crippen molar-refractivity contribution >= 4 is 11.6 Å². The van der Waals surface area contributed by atoms with Gasteiger partial charge in [-0.05, 0) is 7.05 Å². The number of hydrogen-bond donors (Lipinski definition) is 0. The molecule has 0 saturated carbocycles. The molecule has 6 heavy (non-hydrogen) atoms. The Balaban J connectivity index is 2.09. The van der Waals surface area contributed by atoms with Crippen LogP contribution < -0.4 is 0 Å². The molecule has 0 bridgehead atoms. The van der Waals surface area contributed by atoms with Gasteiger partial charge in [0.25, 0.3) is 0 Å². The van der Waals surface area contributed by atoms with Gasteiger partial charge in [0.15, 0.2) is 0 Å². The van der Waals surface area contributed by atoms with Crippen LogP contribution in [0.5, 0.6) is 0 Å². The fraction of sp³-hybridized carbons (Fsp3) is 1.00. The molecular formula is C4H8ClN. The Morgan fingerprint density at radius 1 is 2.00 bits per heavy atom. The summed E-state index contributed by atoms with van der Waals surface area (Å²) in [4.78, 5) is 2.22. The maximum atomic E-state index is 5.45. The van der Waals surface area contributed by atoms with Gasteiger partial charge in [-0.15, -0.1) is 11.6 Å². The van der Waals surface area contributed by atoms with E-state index in [4.69, 9.17) is 11.6 Å². The first-order valence-electron chi connectivity index (χ1n) is 2.11. The van der Waals surface area contributed by atoms with Crippen LogP contribution in [0.15, 0.2) is 0 Å². The summed E-state index contributed by atoms with van der Waals surface area (Å²) in [6, 6.07) is 0.701. The molecule has 1 nitrogen and oxygen atoms in total. The van der Waals surface area contributed by atoms with E-state index in [1.165, 1.54) is 6.54 Å². The molecule has 0 aromatic heterocycles. The molecule has 1 saturated heterocycles. The van der Waals surface area contributed by atoms with Crippen molar-refractivity contribution in [1.82, 2.24) is 4.90 Å². The number of hydrogen-bond acceptors (Lipinski definition) is 1. The highest BCUT2D eigenvalue weighted by Gasteiger charge is 2.27. The molecule has 1 unspecified atom stereocenters. The number of rotatable bonds is 1. The minimum absolute atomic E-state index is 0.701. The molecule has 1 heterocycles. The summed E-state index contributed by atoms with van der Waals surface area (Å²) < 4.78 is 0. The van der Waals surface area contributed by atoms with E-state index in [9.17, 15) is 0 Å². The molecule has 0 aromatic rings. The standard InChI is InChI=1S/C4H8ClN/c1-6-3-4(6)2-5/h4H,2-3H2,1H3/t4-,6?/m1/s1. The topological polar surface area (TPSA) is 3.01 Å². The van der Waals surface area contributed by atoms with Gasteiger partial charge in [0.2, 0.25) is 0 Å². The van der Waals surface area contributed by atoms with Crippen molar-refractivity contribution in [3.8, 4) is 0 Å². The summed E-state index contributed by atoms with van der Waals surface area (Å²) in [5, 5.41) is 0. The van der Waals surface area contributed by atoms with Crippen LogP contribution in [0.3, 0.4) is 0 Å². The summed E-state index contributed by atoms with van der Waals surface area (Å²) in [5.41, 5.74) is 0. The second-order valence-corrected chi connectivity index (χ2v) is 2.06. The Morgan fingerprint density at radius 2 is 2.50 bits per heavy atom. The monoisotopic (exact) mass is 105 g/mol. The van der Waals surface area contributed by atoms with E-state index in [2.05, 4.69) is 11.9 Å². The largest absolute Gasteiger partial charge is 0.299 e. The van der Waals surface area contributed by atoms with Gasteiger partial charge in [-0.25, -0.2) is 0 Å². The van der Waals surface area contributed by atoms with Gasteiger partial charge >= 0.3 is 0 Å². The zero-order chi connectivity index (χ0) is 4.57. The van der Waals surface area contributed by atoms with Gasteiger partial charge in [-0.3, -0.25) is 4.90 Å². The zero-order valence-electron chi connectivity index (χ0n) is 3.82. The Hall–Kier alpha value is 0.250. The van der Waals surface area contributed by atoms with Crippen LogP contribution in [0, 0.1) is 0 Å². The van der Waals surface area contributed by atoms with Crippen LogP contribution in [-0.4, -0.2) is 30.4 Å². The predicted octanol–water partition coefficient (Wildman–Crippen LogP) is 0.539. The van der Waals surface area contributed by atoms with Crippen molar-refractivity contribution in [1.29, 1.82) is 0 Å². The van der Waals surface area contributed by atoms with Crippen molar-refractivity contribution in [2.45, 2.75) is 6.04 Å². The Morgan fingerprint density at radius 3 is 2.50 bits per heavy atom. The molecule has 1 fully saturated rings. The fourth-order valence-electron chi connectivity index (χ4n) is 0.452. The number of halogens is 1. The molecule has 0 amide bonds. The minimum Gasteiger partial charge on any atom is -0.299 e. The Labute approximate surface area is 42.9 Å². The van der Waals surface area contributed by atoms with Gasteiger partial charge in [0, 0.05) is 18.5 Å². The van der Waals surface area contributed by atoms with Gasteiger partial charge < -0.3 is 0 Å². The van der Waals surface area contributed by atoms with Crippen molar-refractivity contribution in [3.63, 3.8) is 0 Å². The third kappa shape index (κ3) is 0.660. The first kappa shape index (κ1) is 4.41. The lowest BCUT2D eigenvalue weighted by molar-refractivity contribution is 0.640. The van der Waals surface area contributed by atoms with E-state index in [1.807, 2.05) is 0 Å². The lowest BCUT2D eigenvalue weighted by Gasteiger charge is -1.81. The number of likely N-dealkylation sites (N-methyl/N-ethyl adjacent to an activating group) is 1. The van der Waals surface area contributed by atoms with Crippen molar-refractivity contribution < 1.29 is 0 Å². The number of alkyl halides is 1. The smallest absolute Gasteiger partial charge is 0.0391 e. The average molecular weight is 106 g/mol. The summed E-state index contributed by atoms with van der Waals surface area (Å²) in [5.74, 6) is 0.802. The van der Waals surface area contributed by atoms with Crippen LogP contribution >= 0.6 is 11.6 Å². The molecule has 36 valence electrons. The van der Waals surface area contributed by atoms with Crippen LogP contribution in [0.25, 0.3) is 0 Å². The lowest BCUT2D eigenvalue weighted by atomic mass is 10.6. The van der Waals surface area contributed by atoms with Crippen molar-refractivity contribution in [2.75, 3.05) is 19.5 Å². The summed E-state index contributed by atoms with van der Waals surface area (Å²) in [7, 11) is 2.08. The van der Waals surface area contributed by atoms with Crippen LogP contribution in [0.4, 0.5) is 0 Å². The second kappa shape index (κ2) is 1.39. The van der Waals surface area contributed by atoms with Crippen molar-refractivity contribution in [3.05, 3.63) is 0 Å². The molecule has 1 aliphatic rings. The highest BCUT2D eigenvalue weighted by atomic mass is 35.5. The number of nitrogens with zero attached hydrogens (tertiary/aromatic N) is 1. The van der Waals surface area contributed by atoms with Crippen LogP contribution in [-0.2, 0) is 0 Å². The summed E-state index contributed by atoms with van der Waals surface area (Å²) >= 11 is 5.45. The maximum absolute atomic E-state index is 5.45. The molecule has 0 N–H and O–H groups in total. The Kier molecular flexibility index (Phi) is 1.02. The summed E-state index contributed by atoms with van der Waals surface area (Å²) in [6.45, 7) is 1.20. The van der Waals surface area contributed by atoms with E-state index in [-0.39, 0.29) is 0 Å². The molecular weight excluding hydrogens is 97.5 g/mol. The molecule has 0 aromatic carbocycles. The normalized spacial score (nSPS) is 43.0. The first-order valence-corrected chi connectivity index (χ1v) is 2.64. The summed E-state index contributed by atoms with van der Waals surface area (Å²) in [6.07, 6.45) is 0. The molecule has 1 rings (SSSR count). The first-order chi connectivity index (χ1) is 2.84. The molecule has 2 heteroatoms. The van der Waals surface area contributed by atoms with Gasteiger partial charge in [-0.1, -0.05) is 0 Å². The molecule has 0 spiro atoms. The van der Waals surface area contributed by atoms with E-state index in [0.29, 0.717) is 6.04 Å². The SMILES string of the molecule is CN1C[C@H]1CCl. The van der Waals surface area contributed by atoms with E-state index in [0.717, 1.165) is 5.88 Å². The Bertz CT molecular complexity index is 53.5. The third-order valence-electron chi connectivity index (χ3n) is 1.17. The lowest BCUT2D eigenvalue weighted by Crippen LogP contribution is -1.93. The molecule has 0 radical (unpaired) electrons. The van der Waals surface area contributed by atoms with Crippen LogP contribution in [0.2, 0.25) is 0 Å². The van der Waals surface area contributed by atoms with E-state index < -0.39 is 0 Å². The van der Waals surface area contributed by atoms with Crippen LogP contribution in [0.1, 0.15) is 0 Å². The van der Waals surface area contributed by atoms with Gasteiger partial charge in [0.1, 0.15) is 0 Å². The predicted molar refractivity (Wildman–Crippen MR) is 27.1 cm³/mol. The average Bonchev–Trinajstić information content (AvgIpc) is 2.19. The molecule has 1 aliphatic heterocycles. The minimum atomic E-state index is 0.701. The van der Waals surface area contributed by atoms with E-state index >= 15 is 0 Å². The quantitative estimate of drug-likeness (QED) is 0.348. The highest BCUT2D eigenvalue weighted by Crippen LogP contribution is 2.13. The van der Waals surface area contributed by atoms with Gasteiger partial charge in [0.05, 0.1) is 0 Å². The van der Waals surface area contributed by atoms with E-state index in [1.54, 1.807) is 0 Å². The van der Waals surface area contributed by atoms with Crippen molar-refractivity contribution in [2.24, 2.45) is 0 Å². The molecule has 2 atom stereocenters. The van der Waals surface area contributed by atoms with Gasteiger partial charge in [-0.2, -0.15) is 0 Å². The molecule has 0 aliphatic carbocycles. The second-order valence-electron chi connectivity index (χ2n) is 1.75. The maximum Gasteiger partial charge on any atom is 0.0391 e.